The van der Waals surface area contributed by atoms with Crippen molar-refractivity contribution in [3.63, 3.8) is 0 Å². The van der Waals surface area contributed by atoms with Gasteiger partial charge in [0.2, 0.25) is 0 Å². The lowest BCUT2D eigenvalue weighted by molar-refractivity contribution is 0.465. The number of rotatable bonds is 8. The summed E-state index contributed by atoms with van der Waals surface area (Å²) >= 11 is 0. The van der Waals surface area contributed by atoms with Crippen LogP contribution in [0.5, 0.6) is 0 Å². The molecule has 0 saturated carbocycles. The van der Waals surface area contributed by atoms with E-state index < -0.39 is 0 Å². The van der Waals surface area contributed by atoms with Crippen LogP contribution in [-0.4, -0.2) is 47.3 Å². The highest BCUT2D eigenvalue weighted by molar-refractivity contribution is 5.79. The fourth-order valence-electron chi connectivity index (χ4n) is 2.48. The van der Waals surface area contributed by atoms with Gasteiger partial charge in [0.25, 0.3) is 0 Å². The Morgan fingerprint density at radius 3 is 2.68 bits per heavy atom. The third kappa shape index (κ3) is 5.89. The number of guanidine groups is 1. The van der Waals surface area contributed by atoms with E-state index >= 15 is 0 Å². The van der Waals surface area contributed by atoms with E-state index in [0.29, 0.717) is 6.54 Å². The van der Waals surface area contributed by atoms with Gasteiger partial charge in [0, 0.05) is 39.3 Å². The molecule has 1 heterocycles. The minimum Gasteiger partial charge on any atom is -0.357 e. The van der Waals surface area contributed by atoms with Crippen molar-refractivity contribution < 1.29 is 4.39 Å². The number of aliphatic imine (C=N–C) groups is 1. The average molecular weight is 345 g/mol. The maximum atomic E-state index is 13.0. The summed E-state index contributed by atoms with van der Waals surface area (Å²) in [6.07, 6.45) is 4.99. The number of aromatic nitrogens is 2. The van der Waals surface area contributed by atoms with E-state index in [1.165, 1.54) is 18.6 Å². The van der Waals surface area contributed by atoms with Crippen molar-refractivity contribution in [2.75, 3.05) is 26.7 Å². The number of nitrogens with zero attached hydrogens (tertiary/aromatic N) is 4. The lowest BCUT2D eigenvalue weighted by atomic mass is 10.3. The van der Waals surface area contributed by atoms with Crippen LogP contribution in [0.4, 0.5) is 4.39 Å². The van der Waals surface area contributed by atoms with Crippen molar-refractivity contribution in [2.24, 2.45) is 4.99 Å². The Hall–Kier alpha value is -2.37. The molecule has 0 bridgehead atoms. The molecule has 0 amide bonds. The van der Waals surface area contributed by atoms with Gasteiger partial charge in [-0.2, -0.15) is 5.10 Å². The normalized spacial score (nSPS) is 11.6. The number of hydrogen-bond acceptors (Lipinski definition) is 2. The zero-order chi connectivity index (χ0) is 18.1. The topological polar surface area (TPSA) is 45.5 Å². The summed E-state index contributed by atoms with van der Waals surface area (Å²) in [7, 11) is 2.07. The van der Waals surface area contributed by atoms with Gasteiger partial charge in [-0.25, -0.2) is 9.07 Å². The van der Waals surface area contributed by atoms with Crippen LogP contribution in [0.3, 0.4) is 0 Å². The first-order chi connectivity index (χ1) is 12.1. The maximum absolute atomic E-state index is 13.0. The molecule has 1 aromatic carbocycles. The number of unbranched alkanes of at least 4 members (excludes halogenated alkanes) is 1. The fourth-order valence-corrected chi connectivity index (χ4v) is 2.48. The summed E-state index contributed by atoms with van der Waals surface area (Å²) in [5, 5.41) is 7.87. The van der Waals surface area contributed by atoms with Crippen molar-refractivity contribution in [3.8, 4) is 5.69 Å². The zero-order valence-electron chi connectivity index (χ0n) is 15.4. The van der Waals surface area contributed by atoms with Gasteiger partial charge in [0.15, 0.2) is 5.96 Å². The lowest BCUT2D eigenvalue weighted by Crippen LogP contribution is -2.39. The summed E-state index contributed by atoms with van der Waals surface area (Å²) in [5.74, 6) is 0.697. The van der Waals surface area contributed by atoms with Crippen molar-refractivity contribution in [1.82, 2.24) is 20.0 Å². The molecule has 0 atom stereocenters. The number of benzene rings is 1. The van der Waals surface area contributed by atoms with Gasteiger partial charge >= 0.3 is 0 Å². The summed E-state index contributed by atoms with van der Waals surface area (Å²) in [6, 6.07) is 8.30. The minimum absolute atomic E-state index is 0.242. The Bertz CT molecular complexity index is 663. The molecule has 2 aromatic rings. The first kappa shape index (κ1) is 19.0. The van der Waals surface area contributed by atoms with E-state index in [0.717, 1.165) is 43.3 Å². The predicted octanol–water partition coefficient (Wildman–Crippen LogP) is 3.25. The monoisotopic (exact) mass is 345 g/mol. The van der Waals surface area contributed by atoms with E-state index in [2.05, 4.69) is 41.2 Å². The van der Waals surface area contributed by atoms with Gasteiger partial charge in [-0.15, -0.1) is 0 Å². The molecule has 1 N–H and O–H groups in total. The Morgan fingerprint density at radius 2 is 2.00 bits per heavy atom. The quantitative estimate of drug-likeness (QED) is 0.590. The summed E-state index contributed by atoms with van der Waals surface area (Å²) in [4.78, 5) is 6.86. The zero-order valence-corrected chi connectivity index (χ0v) is 15.4. The molecule has 0 aliphatic heterocycles. The lowest BCUT2D eigenvalue weighted by Gasteiger charge is -2.21. The highest BCUT2D eigenvalue weighted by atomic mass is 19.1. The molecule has 6 heteroatoms. The summed E-state index contributed by atoms with van der Waals surface area (Å²) in [6.45, 7) is 6.80. The molecule has 0 unspecified atom stereocenters. The second kappa shape index (κ2) is 9.81. The number of hydrogen-bond donors (Lipinski definition) is 1. The van der Waals surface area contributed by atoms with Gasteiger partial charge in [0.05, 0.1) is 11.4 Å². The van der Waals surface area contributed by atoms with Crippen LogP contribution in [0.2, 0.25) is 0 Å². The molecule has 0 radical (unpaired) electrons. The first-order valence-corrected chi connectivity index (χ1v) is 8.94. The van der Waals surface area contributed by atoms with E-state index in [4.69, 9.17) is 0 Å². The summed E-state index contributed by atoms with van der Waals surface area (Å²) < 4.78 is 14.8. The van der Waals surface area contributed by atoms with Crippen LogP contribution >= 0.6 is 0 Å². The average Bonchev–Trinajstić information content (AvgIpc) is 3.08. The number of nitrogens with one attached hydrogen (secondary N) is 1. The molecule has 0 spiro atoms. The standard InChI is InChI=1S/C19H28FN5/c1-4-6-14-24(3)19(21-5-2)22-13-11-17-12-15-25(23-17)18-9-7-16(20)8-10-18/h7-10,12,15H,4-6,11,13-14H2,1-3H3,(H,21,22). The Morgan fingerprint density at radius 1 is 1.24 bits per heavy atom. The van der Waals surface area contributed by atoms with Gasteiger partial charge < -0.3 is 10.2 Å². The smallest absolute Gasteiger partial charge is 0.193 e. The molecular formula is C19H28FN5. The predicted molar refractivity (Wildman–Crippen MR) is 101 cm³/mol. The Balaban J connectivity index is 1.94. The van der Waals surface area contributed by atoms with Crippen molar-refractivity contribution in [3.05, 3.63) is 48.0 Å². The highest BCUT2D eigenvalue weighted by Gasteiger charge is 2.05. The van der Waals surface area contributed by atoms with Crippen LogP contribution in [-0.2, 0) is 6.42 Å². The molecule has 0 fully saturated rings. The molecule has 0 aliphatic rings. The fraction of sp³-hybridized carbons (Fsp3) is 0.474. The van der Waals surface area contributed by atoms with E-state index in [-0.39, 0.29) is 5.82 Å². The van der Waals surface area contributed by atoms with Crippen LogP contribution in [0.15, 0.2) is 41.5 Å². The Labute approximate surface area is 149 Å². The molecule has 1 aromatic heterocycles. The van der Waals surface area contributed by atoms with Crippen molar-refractivity contribution in [1.29, 1.82) is 0 Å². The molecule has 136 valence electrons. The molecular weight excluding hydrogens is 317 g/mol. The summed E-state index contributed by atoms with van der Waals surface area (Å²) in [5.41, 5.74) is 1.82. The van der Waals surface area contributed by atoms with Crippen molar-refractivity contribution >= 4 is 5.96 Å². The number of halogens is 1. The van der Waals surface area contributed by atoms with Crippen molar-refractivity contribution in [2.45, 2.75) is 33.1 Å². The van der Waals surface area contributed by atoms with E-state index in [1.807, 2.05) is 12.3 Å². The molecule has 0 saturated heterocycles. The van der Waals surface area contributed by atoms with E-state index in [9.17, 15) is 4.39 Å². The van der Waals surface area contributed by atoms with E-state index in [1.54, 1.807) is 16.8 Å². The molecule has 0 aliphatic carbocycles. The maximum Gasteiger partial charge on any atom is 0.193 e. The third-order valence-corrected chi connectivity index (χ3v) is 3.91. The van der Waals surface area contributed by atoms with Gasteiger partial charge in [-0.1, -0.05) is 13.3 Å². The van der Waals surface area contributed by atoms with Crippen LogP contribution < -0.4 is 5.32 Å². The first-order valence-electron chi connectivity index (χ1n) is 8.94. The largest absolute Gasteiger partial charge is 0.357 e. The van der Waals surface area contributed by atoms with Gasteiger partial charge in [0.1, 0.15) is 5.82 Å². The second-order valence-corrected chi connectivity index (χ2v) is 5.99. The Kier molecular flexibility index (Phi) is 7.44. The van der Waals surface area contributed by atoms with Crippen LogP contribution in [0.1, 0.15) is 32.4 Å². The van der Waals surface area contributed by atoms with Crippen LogP contribution in [0.25, 0.3) is 5.69 Å². The SMILES string of the molecule is CCCCN(C)C(=NCCc1ccn(-c2ccc(F)cc2)n1)NCC. The van der Waals surface area contributed by atoms with Crippen LogP contribution in [0, 0.1) is 5.82 Å². The third-order valence-electron chi connectivity index (χ3n) is 3.91. The minimum atomic E-state index is -0.242. The molecule has 25 heavy (non-hydrogen) atoms. The van der Waals surface area contributed by atoms with Gasteiger partial charge in [-0.05, 0) is 43.7 Å². The second-order valence-electron chi connectivity index (χ2n) is 5.99. The molecule has 5 nitrogen and oxygen atoms in total. The highest BCUT2D eigenvalue weighted by Crippen LogP contribution is 2.09. The van der Waals surface area contributed by atoms with Gasteiger partial charge in [-0.3, -0.25) is 4.99 Å². The molecule has 2 rings (SSSR count).